The van der Waals surface area contributed by atoms with Gasteiger partial charge in [0.2, 0.25) is 0 Å². The van der Waals surface area contributed by atoms with E-state index >= 15 is 0 Å². The normalized spacial score (nSPS) is 13.2. The van der Waals surface area contributed by atoms with Crippen molar-refractivity contribution in [3.63, 3.8) is 0 Å². The standard InChI is InChI=1S/C19H13N3S/c1-3-9-15-13(7-1)14-8-2-4-10-16(14)18(15)23-19-21-20-17-11-5-6-12-22(17)19/h1-12,18H. The number of hydrogen-bond acceptors (Lipinski definition) is 3. The highest BCUT2D eigenvalue weighted by Gasteiger charge is 2.30. The van der Waals surface area contributed by atoms with E-state index in [9.17, 15) is 0 Å². The van der Waals surface area contributed by atoms with E-state index in [0.29, 0.717) is 0 Å². The molecule has 4 heteroatoms. The fourth-order valence-corrected chi connectivity index (χ4v) is 4.47. The molecular formula is C19H13N3S. The van der Waals surface area contributed by atoms with E-state index in [4.69, 9.17) is 0 Å². The van der Waals surface area contributed by atoms with Crippen LogP contribution < -0.4 is 0 Å². The largest absolute Gasteiger partial charge is 0.277 e. The summed E-state index contributed by atoms with van der Waals surface area (Å²) in [4.78, 5) is 0. The molecule has 0 fully saturated rings. The molecule has 0 radical (unpaired) electrons. The van der Waals surface area contributed by atoms with Crippen LogP contribution in [-0.4, -0.2) is 14.6 Å². The highest BCUT2D eigenvalue weighted by Crippen LogP contribution is 2.51. The molecule has 110 valence electrons. The Morgan fingerprint density at radius 3 is 2.13 bits per heavy atom. The lowest BCUT2D eigenvalue weighted by atomic mass is 10.1. The van der Waals surface area contributed by atoms with Gasteiger partial charge in [0.25, 0.3) is 0 Å². The van der Waals surface area contributed by atoms with Crippen LogP contribution in [0.4, 0.5) is 0 Å². The van der Waals surface area contributed by atoms with Crippen LogP contribution in [0, 0.1) is 0 Å². The van der Waals surface area contributed by atoms with E-state index in [-0.39, 0.29) is 5.25 Å². The van der Waals surface area contributed by atoms with E-state index in [2.05, 4.69) is 58.7 Å². The first-order valence-electron chi connectivity index (χ1n) is 7.56. The Morgan fingerprint density at radius 2 is 1.39 bits per heavy atom. The van der Waals surface area contributed by atoms with Crippen LogP contribution in [-0.2, 0) is 0 Å². The first kappa shape index (κ1) is 12.9. The maximum Gasteiger partial charge on any atom is 0.196 e. The zero-order valence-electron chi connectivity index (χ0n) is 12.3. The molecule has 0 amide bonds. The minimum Gasteiger partial charge on any atom is -0.277 e. The summed E-state index contributed by atoms with van der Waals surface area (Å²) >= 11 is 1.76. The van der Waals surface area contributed by atoms with Crippen molar-refractivity contribution in [2.24, 2.45) is 0 Å². The predicted octanol–water partition coefficient (Wildman–Crippen LogP) is 4.59. The Hall–Kier alpha value is -2.59. The Morgan fingerprint density at radius 1 is 0.739 bits per heavy atom. The van der Waals surface area contributed by atoms with Gasteiger partial charge in [-0.25, -0.2) is 0 Å². The molecule has 2 aromatic carbocycles. The molecule has 0 saturated carbocycles. The predicted molar refractivity (Wildman–Crippen MR) is 92.6 cm³/mol. The molecule has 0 atom stereocenters. The number of pyridine rings is 1. The zero-order chi connectivity index (χ0) is 15.2. The van der Waals surface area contributed by atoms with Crippen molar-refractivity contribution in [3.05, 3.63) is 84.1 Å². The van der Waals surface area contributed by atoms with Crippen molar-refractivity contribution < 1.29 is 0 Å². The minimum atomic E-state index is 0.259. The second kappa shape index (κ2) is 4.96. The number of benzene rings is 2. The molecule has 0 bridgehead atoms. The van der Waals surface area contributed by atoms with Crippen LogP contribution in [0.1, 0.15) is 16.4 Å². The number of nitrogens with zero attached hydrogens (tertiary/aromatic N) is 3. The van der Waals surface area contributed by atoms with Gasteiger partial charge >= 0.3 is 0 Å². The van der Waals surface area contributed by atoms with Gasteiger partial charge < -0.3 is 0 Å². The molecule has 3 nitrogen and oxygen atoms in total. The average Bonchev–Trinajstić information content (AvgIpc) is 3.16. The number of rotatable bonds is 2. The molecule has 4 aromatic rings. The van der Waals surface area contributed by atoms with Gasteiger partial charge in [0, 0.05) is 6.20 Å². The summed E-state index contributed by atoms with van der Waals surface area (Å²) < 4.78 is 2.05. The second-order valence-electron chi connectivity index (χ2n) is 5.58. The van der Waals surface area contributed by atoms with Gasteiger partial charge in [0.15, 0.2) is 10.8 Å². The number of aromatic nitrogens is 3. The number of hydrogen-bond donors (Lipinski definition) is 0. The molecule has 1 aliphatic carbocycles. The van der Waals surface area contributed by atoms with Gasteiger partial charge in [-0.2, -0.15) is 0 Å². The topological polar surface area (TPSA) is 30.2 Å². The summed E-state index contributed by atoms with van der Waals surface area (Å²) in [5.41, 5.74) is 6.25. The summed E-state index contributed by atoms with van der Waals surface area (Å²) in [5, 5.41) is 9.83. The number of thioether (sulfide) groups is 1. The molecular weight excluding hydrogens is 302 g/mol. The van der Waals surface area contributed by atoms with Crippen LogP contribution in [0.5, 0.6) is 0 Å². The maximum atomic E-state index is 4.38. The third kappa shape index (κ3) is 1.92. The van der Waals surface area contributed by atoms with Crippen LogP contribution in [0.25, 0.3) is 16.8 Å². The van der Waals surface area contributed by atoms with Gasteiger partial charge in [0.05, 0.1) is 5.25 Å². The van der Waals surface area contributed by atoms with Gasteiger partial charge in [-0.15, -0.1) is 10.2 Å². The summed E-state index contributed by atoms with van der Waals surface area (Å²) in [5.74, 6) is 0. The van der Waals surface area contributed by atoms with Crippen LogP contribution in [0.2, 0.25) is 0 Å². The van der Waals surface area contributed by atoms with E-state index in [1.54, 1.807) is 11.8 Å². The smallest absolute Gasteiger partial charge is 0.196 e. The molecule has 2 heterocycles. The van der Waals surface area contributed by atoms with Crippen molar-refractivity contribution in [1.29, 1.82) is 0 Å². The lowest BCUT2D eigenvalue weighted by Crippen LogP contribution is -1.94. The van der Waals surface area contributed by atoms with Crippen LogP contribution in [0.3, 0.4) is 0 Å². The minimum absolute atomic E-state index is 0.259. The SMILES string of the molecule is c1ccc2c(c1)-c1ccccc1C2Sc1nnc2ccccn12. The van der Waals surface area contributed by atoms with E-state index in [1.165, 1.54) is 22.3 Å². The van der Waals surface area contributed by atoms with Crippen LogP contribution in [0.15, 0.2) is 78.1 Å². The van der Waals surface area contributed by atoms with Crippen molar-refractivity contribution in [1.82, 2.24) is 14.6 Å². The molecule has 0 N–H and O–H groups in total. The summed E-state index contributed by atoms with van der Waals surface area (Å²) in [7, 11) is 0. The lowest BCUT2D eigenvalue weighted by molar-refractivity contribution is 0.916. The Balaban J connectivity index is 1.66. The van der Waals surface area contributed by atoms with Gasteiger partial charge in [-0.1, -0.05) is 66.4 Å². The Labute approximate surface area is 138 Å². The molecule has 0 spiro atoms. The third-order valence-corrected chi connectivity index (χ3v) is 5.52. The highest BCUT2D eigenvalue weighted by atomic mass is 32.2. The monoisotopic (exact) mass is 315 g/mol. The number of fused-ring (bicyclic) bond motifs is 4. The zero-order valence-corrected chi connectivity index (χ0v) is 13.1. The quantitative estimate of drug-likeness (QED) is 0.542. The summed E-state index contributed by atoms with van der Waals surface area (Å²) in [6, 6.07) is 23.3. The maximum absolute atomic E-state index is 4.38. The fraction of sp³-hybridized carbons (Fsp3) is 0.0526. The van der Waals surface area contributed by atoms with Crippen molar-refractivity contribution >= 4 is 17.4 Å². The molecule has 0 aliphatic heterocycles. The molecule has 1 aliphatic rings. The van der Waals surface area contributed by atoms with E-state index in [0.717, 1.165) is 10.8 Å². The van der Waals surface area contributed by atoms with Crippen LogP contribution >= 0.6 is 11.8 Å². The van der Waals surface area contributed by atoms with Gasteiger partial charge in [-0.3, -0.25) is 4.40 Å². The van der Waals surface area contributed by atoms with Crippen molar-refractivity contribution in [3.8, 4) is 11.1 Å². The summed E-state index contributed by atoms with van der Waals surface area (Å²) in [6.45, 7) is 0. The Kier molecular flexibility index (Phi) is 2.78. The molecule has 2 aromatic heterocycles. The average molecular weight is 315 g/mol. The lowest BCUT2D eigenvalue weighted by Gasteiger charge is -2.11. The van der Waals surface area contributed by atoms with E-state index < -0.39 is 0 Å². The van der Waals surface area contributed by atoms with Gasteiger partial charge in [0.1, 0.15) is 0 Å². The molecule has 5 rings (SSSR count). The second-order valence-corrected chi connectivity index (χ2v) is 6.66. The molecule has 0 saturated heterocycles. The van der Waals surface area contributed by atoms with Crippen molar-refractivity contribution in [2.45, 2.75) is 10.4 Å². The molecule has 0 unspecified atom stereocenters. The van der Waals surface area contributed by atoms with E-state index in [1.807, 2.05) is 28.8 Å². The summed E-state index contributed by atoms with van der Waals surface area (Å²) in [6.07, 6.45) is 2.02. The first-order chi connectivity index (χ1) is 11.4. The van der Waals surface area contributed by atoms with Gasteiger partial charge in [-0.05, 0) is 34.4 Å². The van der Waals surface area contributed by atoms with Crippen molar-refractivity contribution in [2.75, 3.05) is 0 Å². The third-order valence-electron chi connectivity index (χ3n) is 4.28. The fourth-order valence-electron chi connectivity index (χ4n) is 3.24. The first-order valence-corrected chi connectivity index (χ1v) is 8.44. The molecule has 23 heavy (non-hydrogen) atoms. The highest BCUT2D eigenvalue weighted by molar-refractivity contribution is 7.99. The Bertz CT molecular complexity index is 976.